The number of rotatable bonds is 4. The van der Waals surface area contributed by atoms with Gasteiger partial charge in [-0.25, -0.2) is 0 Å². The summed E-state index contributed by atoms with van der Waals surface area (Å²) in [4.78, 5) is 5.69. The first kappa shape index (κ1) is 15.2. The lowest BCUT2D eigenvalue weighted by Gasteiger charge is -2.07. The third-order valence-corrected chi connectivity index (χ3v) is 4.51. The summed E-state index contributed by atoms with van der Waals surface area (Å²) in [7, 11) is 2.78. The summed E-state index contributed by atoms with van der Waals surface area (Å²) in [6, 6.07) is 10.8. The second kappa shape index (κ2) is 6.47. The average Bonchev–Trinajstić information content (AvgIpc) is 2.84. The molecule has 1 N–H and O–H groups in total. The van der Waals surface area contributed by atoms with Crippen molar-refractivity contribution < 1.29 is 0 Å². The van der Waals surface area contributed by atoms with Gasteiger partial charge in [-0.05, 0) is 48.2 Å². The van der Waals surface area contributed by atoms with E-state index in [9.17, 15) is 0 Å². The van der Waals surface area contributed by atoms with Crippen LogP contribution in [0.2, 0.25) is 0 Å². The molecular formula is C17H20NPS. The molecule has 1 atom stereocenters. The van der Waals surface area contributed by atoms with E-state index in [4.69, 9.17) is 0 Å². The van der Waals surface area contributed by atoms with Crippen LogP contribution in [0.25, 0.3) is 16.0 Å². The Morgan fingerprint density at radius 2 is 1.95 bits per heavy atom. The molecule has 1 aromatic carbocycles. The van der Waals surface area contributed by atoms with E-state index in [0.717, 1.165) is 10.6 Å². The molecular weight excluding hydrogens is 281 g/mol. The zero-order valence-corrected chi connectivity index (χ0v) is 14.1. The Kier molecular flexibility index (Phi) is 4.91. The molecule has 0 aliphatic rings. The second-order valence-corrected chi connectivity index (χ2v) is 7.16. The number of benzene rings is 1. The summed E-state index contributed by atoms with van der Waals surface area (Å²) in [6.45, 7) is 10.2. The van der Waals surface area contributed by atoms with Gasteiger partial charge in [0.2, 0.25) is 0 Å². The lowest BCUT2D eigenvalue weighted by molar-refractivity contribution is 1.36. The van der Waals surface area contributed by atoms with Crippen LogP contribution in [0, 0.1) is 6.92 Å². The number of hydrogen-bond donors (Lipinski definition) is 1. The van der Waals surface area contributed by atoms with Crippen LogP contribution in [-0.2, 0) is 0 Å². The van der Waals surface area contributed by atoms with E-state index in [0.29, 0.717) is 0 Å². The highest BCUT2D eigenvalue weighted by Crippen LogP contribution is 2.38. The Hall–Kier alpha value is -1.24. The molecule has 0 radical (unpaired) electrons. The molecule has 0 saturated carbocycles. The molecule has 3 heteroatoms. The summed E-state index contributed by atoms with van der Waals surface area (Å²) in [5, 5.41) is 1.22. The predicted molar refractivity (Wildman–Crippen MR) is 95.7 cm³/mol. The van der Waals surface area contributed by atoms with Gasteiger partial charge in [0, 0.05) is 11.1 Å². The van der Waals surface area contributed by atoms with Gasteiger partial charge in [-0.1, -0.05) is 48.2 Å². The maximum absolute atomic E-state index is 3.99. The van der Waals surface area contributed by atoms with Crippen molar-refractivity contribution in [3.8, 4) is 11.1 Å². The topological polar surface area (TPSA) is 15.8 Å². The Balaban J connectivity index is 2.37. The lowest BCUT2D eigenvalue weighted by atomic mass is 10.1. The molecule has 20 heavy (non-hydrogen) atoms. The van der Waals surface area contributed by atoms with Gasteiger partial charge in [-0.3, -0.25) is 0 Å². The Morgan fingerprint density at radius 1 is 1.20 bits per heavy atom. The monoisotopic (exact) mass is 301 g/mol. The van der Waals surface area contributed by atoms with Crippen molar-refractivity contribution in [2.24, 2.45) is 0 Å². The molecule has 0 aliphatic carbocycles. The average molecular weight is 301 g/mol. The zero-order chi connectivity index (χ0) is 14.7. The fraction of sp³-hybridized carbons (Fsp3) is 0.176. The summed E-state index contributed by atoms with van der Waals surface area (Å²) in [5.41, 5.74) is 4.88. The van der Waals surface area contributed by atoms with E-state index in [1.54, 1.807) is 11.8 Å². The largest absolute Gasteiger partial charge is 0.360 e. The molecule has 0 saturated heterocycles. The molecule has 0 amide bonds. The Labute approximate surface area is 127 Å². The number of nitrogens with one attached hydrogen (secondary N) is 1. The van der Waals surface area contributed by atoms with Gasteiger partial charge in [-0.2, -0.15) is 0 Å². The number of hydrogen-bond acceptors (Lipinski definition) is 1. The first-order chi connectivity index (χ1) is 9.47. The first-order valence-corrected chi connectivity index (χ1v) is 7.92. The highest BCUT2D eigenvalue weighted by molar-refractivity contribution is 8.11. The third kappa shape index (κ3) is 3.65. The predicted octanol–water partition coefficient (Wildman–Crippen LogP) is 5.82. The van der Waals surface area contributed by atoms with Crippen molar-refractivity contribution in [1.82, 2.24) is 4.98 Å². The standard InChI is InChI=1S/C17H20NPS/c1-11(2)20-17(13(4)19)16-9-15(10-18-16)14-7-5-6-12(3)8-14/h5-10,18H,1,19H2,2-4H3/b17-13+. The van der Waals surface area contributed by atoms with Crippen LogP contribution in [0.3, 0.4) is 0 Å². The molecule has 1 aromatic heterocycles. The second-order valence-electron chi connectivity index (χ2n) is 4.99. The summed E-state index contributed by atoms with van der Waals surface area (Å²) < 4.78 is 0. The van der Waals surface area contributed by atoms with Crippen LogP contribution < -0.4 is 0 Å². The minimum absolute atomic E-state index is 1.09. The van der Waals surface area contributed by atoms with Gasteiger partial charge in [0.15, 0.2) is 0 Å². The fourth-order valence-corrected chi connectivity index (χ4v) is 3.11. The molecule has 0 spiro atoms. The maximum atomic E-state index is 3.99. The molecule has 0 fully saturated rings. The minimum Gasteiger partial charge on any atom is -0.360 e. The van der Waals surface area contributed by atoms with Crippen LogP contribution >= 0.6 is 21.0 Å². The van der Waals surface area contributed by atoms with Gasteiger partial charge >= 0.3 is 0 Å². The quantitative estimate of drug-likeness (QED) is 0.703. The van der Waals surface area contributed by atoms with Gasteiger partial charge in [0.05, 0.1) is 5.69 Å². The van der Waals surface area contributed by atoms with Crippen molar-refractivity contribution in [3.05, 3.63) is 64.6 Å². The SMILES string of the molecule is C=C(C)S/C(=C(\C)P)c1cc(-c2cccc(C)c2)c[nH]1. The van der Waals surface area contributed by atoms with Gasteiger partial charge in [-0.15, -0.1) is 9.24 Å². The number of thioether (sulfide) groups is 1. The van der Waals surface area contributed by atoms with Crippen molar-refractivity contribution in [2.75, 3.05) is 0 Å². The number of aromatic amines is 1. The van der Waals surface area contributed by atoms with Crippen molar-refractivity contribution in [2.45, 2.75) is 20.8 Å². The van der Waals surface area contributed by atoms with E-state index >= 15 is 0 Å². The van der Waals surface area contributed by atoms with Crippen LogP contribution in [0.5, 0.6) is 0 Å². The van der Waals surface area contributed by atoms with E-state index in [1.807, 2.05) is 6.92 Å². The highest BCUT2D eigenvalue weighted by Gasteiger charge is 2.09. The van der Waals surface area contributed by atoms with Crippen LogP contribution in [0.15, 0.2) is 53.3 Å². The molecule has 0 bridgehead atoms. The van der Waals surface area contributed by atoms with Crippen LogP contribution in [0.1, 0.15) is 25.1 Å². The van der Waals surface area contributed by atoms with Gasteiger partial charge < -0.3 is 4.98 Å². The van der Waals surface area contributed by atoms with Gasteiger partial charge in [0.25, 0.3) is 0 Å². The number of aromatic nitrogens is 1. The molecule has 1 unspecified atom stereocenters. The van der Waals surface area contributed by atoms with E-state index in [1.165, 1.54) is 26.9 Å². The zero-order valence-electron chi connectivity index (χ0n) is 12.2. The molecule has 1 heterocycles. The Bertz CT molecular complexity index is 663. The summed E-state index contributed by atoms with van der Waals surface area (Å²) in [6.07, 6.45) is 2.07. The number of allylic oxidation sites excluding steroid dienone is 2. The molecule has 104 valence electrons. The summed E-state index contributed by atoms with van der Waals surface area (Å²) >= 11 is 1.71. The van der Waals surface area contributed by atoms with Crippen molar-refractivity contribution >= 4 is 25.9 Å². The smallest absolute Gasteiger partial charge is 0.0531 e. The Morgan fingerprint density at radius 3 is 2.55 bits per heavy atom. The number of H-pyrrole nitrogens is 1. The third-order valence-electron chi connectivity index (χ3n) is 2.91. The van der Waals surface area contributed by atoms with Crippen molar-refractivity contribution in [3.63, 3.8) is 0 Å². The van der Waals surface area contributed by atoms with Crippen molar-refractivity contribution in [1.29, 1.82) is 0 Å². The highest BCUT2D eigenvalue weighted by atomic mass is 32.2. The minimum atomic E-state index is 1.09. The summed E-state index contributed by atoms with van der Waals surface area (Å²) in [5.74, 6) is 0. The fourth-order valence-electron chi connectivity index (χ4n) is 2.04. The van der Waals surface area contributed by atoms with E-state index < -0.39 is 0 Å². The molecule has 2 rings (SSSR count). The first-order valence-electron chi connectivity index (χ1n) is 6.53. The van der Waals surface area contributed by atoms with E-state index in [-0.39, 0.29) is 0 Å². The van der Waals surface area contributed by atoms with Crippen LogP contribution in [-0.4, -0.2) is 4.98 Å². The molecule has 2 aromatic rings. The molecule has 0 aliphatic heterocycles. The maximum Gasteiger partial charge on any atom is 0.0531 e. The normalized spacial score (nSPS) is 12.2. The van der Waals surface area contributed by atoms with Crippen LogP contribution in [0.4, 0.5) is 0 Å². The van der Waals surface area contributed by atoms with E-state index in [2.05, 4.69) is 71.2 Å². The lowest BCUT2D eigenvalue weighted by Crippen LogP contribution is -1.81. The van der Waals surface area contributed by atoms with Gasteiger partial charge in [0.1, 0.15) is 0 Å². The molecule has 1 nitrogen and oxygen atoms in total. The number of aryl methyl sites for hydroxylation is 1.